The standard InChI is InChI=1S/C9H11N7OS/c1-4(2)7-11-3-5(10)6(12-7)8(17)13-9-14-15-16-18-9/h3-4H,10H2,1-2H3,(H,13,14,16,17). The number of nitrogens with one attached hydrogen (secondary N) is 1. The molecule has 2 rings (SSSR count). The number of anilines is 2. The molecule has 0 aliphatic carbocycles. The number of carbonyl (C=O) groups is 1. The number of amides is 1. The zero-order valence-electron chi connectivity index (χ0n) is 9.78. The molecule has 2 aromatic rings. The van der Waals surface area contributed by atoms with E-state index in [1.807, 2.05) is 13.8 Å². The Labute approximate surface area is 107 Å². The van der Waals surface area contributed by atoms with E-state index in [0.29, 0.717) is 11.0 Å². The minimum atomic E-state index is -0.449. The highest BCUT2D eigenvalue weighted by molar-refractivity contribution is 7.09. The predicted octanol–water partition coefficient (Wildman–Crippen LogP) is 0.681. The van der Waals surface area contributed by atoms with Crippen molar-refractivity contribution in [3.63, 3.8) is 0 Å². The molecular formula is C9H11N7OS. The number of nitrogen functional groups attached to an aromatic ring is 1. The summed E-state index contributed by atoms with van der Waals surface area (Å²) in [6, 6.07) is 0. The molecule has 0 aromatic carbocycles. The van der Waals surface area contributed by atoms with Crippen LogP contribution in [0.2, 0.25) is 0 Å². The lowest BCUT2D eigenvalue weighted by atomic mass is 10.2. The van der Waals surface area contributed by atoms with Crippen LogP contribution in [0.4, 0.5) is 10.8 Å². The third-order valence-corrected chi connectivity index (χ3v) is 2.60. The summed E-state index contributed by atoms with van der Waals surface area (Å²) in [6.45, 7) is 3.86. The maximum absolute atomic E-state index is 11.9. The number of aromatic nitrogens is 5. The van der Waals surface area contributed by atoms with Crippen molar-refractivity contribution in [2.75, 3.05) is 11.1 Å². The number of hydrogen-bond donors (Lipinski definition) is 2. The van der Waals surface area contributed by atoms with Gasteiger partial charge in [-0.05, 0) is 5.21 Å². The lowest BCUT2D eigenvalue weighted by molar-refractivity contribution is 0.102. The average Bonchev–Trinajstić information content (AvgIpc) is 2.81. The molecule has 0 fully saturated rings. The van der Waals surface area contributed by atoms with Crippen LogP contribution in [-0.4, -0.2) is 30.7 Å². The van der Waals surface area contributed by atoms with Crippen LogP contribution in [0.3, 0.4) is 0 Å². The van der Waals surface area contributed by atoms with E-state index in [9.17, 15) is 4.79 Å². The van der Waals surface area contributed by atoms with E-state index in [4.69, 9.17) is 5.73 Å². The predicted molar refractivity (Wildman–Crippen MR) is 66.2 cm³/mol. The first-order chi connectivity index (χ1) is 8.58. The van der Waals surface area contributed by atoms with Crippen LogP contribution < -0.4 is 11.1 Å². The third-order valence-electron chi connectivity index (χ3n) is 2.09. The highest BCUT2D eigenvalue weighted by Crippen LogP contribution is 2.15. The van der Waals surface area contributed by atoms with Crippen molar-refractivity contribution in [3.05, 3.63) is 17.7 Å². The van der Waals surface area contributed by atoms with E-state index in [-0.39, 0.29) is 17.3 Å². The van der Waals surface area contributed by atoms with E-state index in [1.165, 1.54) is 6.20 Å². The van der Waals surface area contributed by atoms with Gasteiger partial charge in [-0.25, -0.2) is 9.97 Å². The fourth-order valence-corrected chi connectivity index (χ4v) is 1.56. The molecule has 0 unspecified atom stereocenters. The van der Waals surface area contributed by atoms with Crippen LogP contribution in [-0.2, 0) is 0 Å². The summed E-state index contributed by atoms with van der Waals surface area (Å²) in [5, 5.41) is 9.80. The van der Waals surface area contributed by atoms with E-state index in [0.717, 1.165) is 11.5 Å². The van der Waals surface area contributed by atoms with Crippen molar-refractivity contribution in [2.45, 2.75) is 19.8 Å². The molecule has 0 radical (unpaired) electrons. The molecule has 94 valence electrons. The highest BCUT2D eigenvalue weighted by atomic mass is 32.1. The molecular weight excluding hydrogens is 254 g/mol. The Hall–Kier alpha value is -2.16. The Morgan fingerprint density at radius 3 is 2.89 bits per heavy atom. The van der Waals surface area contributed by atoms with Gasteiger partial charge in [0.1, 0.15) is 5.82 Å². The van der Waals surface area contributed by atoms with Crippen molar-refractivity contribution in [1.82, 2.24) is 24.8 Å². The van der Waals surface area contributed by atoms with Crippen LogP contribution in [0, 0.1) is 0 Å². The Kier molecular flexibility index (Phi) is 3.42. The fraction of sp³-hybridized carbons (Fsp3) is 0.333. The van der Waals surface area contributed by atoms with E-state index in [2.05, 4.69) is 30.1 Å². The Morgan fingerprint density at radius 1 is 1.50 bits per heavy atom. The minimum Gasteiger partial charge on any atom is -0.396 e. The van der Waals surface area contributed by atoms with Crippen LogP contribution in [0.5, 0.6) is 0 Å². The average molecular weight is 265 g/mol. The molecule has 2 heterocycles. The summed E-state index contributed by atoms with van der Waals surface area (Å²) in [5.74, 6) is 0.223. The topological polar surface area (TPSA) is 120 Å². The summed E-state index contributed by atoms with van der Waals surface area (Å²) in [6.07, 6.45) is 1.43. The van der Waals surface area contributed by atoms with Gasteiger partial charge in [-0.3, -0.25) is 10.1 Å². The van der Waals surface area contributed by atoms with Gasteiger partial charge in [-0.15, -0.1) is 0 Å². The lowest BCUT2D eigenvalue weighted by Crippen LogP contribution is -2.17. The zero-order chi connectivity index (χ0) is 13.1. The molecule has 0 aliphatic rings. The van der Waals surface area contributed by atoms with Crippen LogP contribution in [0.15, 0.2) is 6.20 Å². The Morgan fingerprint density at radius 2 is 2.28 bits per heavy atom. The molecule has 0 saturated carbocycles. The molecule has 0 saturated heterocycles. The minimum absolute atomic E-state index is 0.111. The largest absolute Gasteiger partial charge is 0.396 e. The molecule has 8 nitrogen and oxygen atoms in total. The SMILES string of the molecule is CC(C)c1ncc(N)c(C(=O)Nc2nnns2)n1. The molecule has 1 amide bonds. The van der Waals surface area contributed by atoms with Crippen molar-refractivity contribution in [1.29, 1.82) is 0 Å². The maximum atomic E-state index is 11.9. The van der Waals surface area contributed by atoms with Crippen molar-refractivity contribution < 1.29 is 4.79 Å². The quantitative estimate of drug-likeness (QED) is 0.837. The van der Waals surface area contributed by atoms with Crippen molar-refractivity contribution >= 4 is 28.3 Å². The van der Waals surface area contributed by atoms with Crippen LogP contribution in [0.25, 0.3) is 0 Å². The number of nitrogens with two attached hydrogens (primary N) is 1. The summed E-state index contributed by atoms with van der Waals surface area (Å²) in [4.78, 5) is 20.1. The molecule has 18 heavy (non-hydrogen) atoms. The monoisotopic (exact) mass is 265 g/mol. The van der Waals surface area contributed by atoms with Gasteiger partial charge in [0.25, 0.3) is 5.91 Å². The van der Waals surface area contributed by atoms with Crippen molar-refractivity contribution in [2.24, 2.45) is 0 Å². The molecule has 3 N–H and O–H groups in total. The first kappa shape index (κ1) is 12.3. The Bertz CT molecular complexity index is 554. The summed E-state index contributed by atoms with van der Waals surface area (Å²) in [7, 11) is 0. The summed E-state index contributed by atoms with van der Waals surface area (Å²) >= 11 is 0.974. The van der Waals surface area contributed by atoms with Gasteiger partial charge in [-0.1, -0.05) is 23.4 Å². The highest BCUT2D eigenvalue weighted by Gasteiger charge is 2.16. The van der Waals surface area contributed by atoms with Gasteiger partial charge in [0.05, 0.1) is 11.9 Å². The molecule has 2 aromatic heterocycles. The second-order valence-electron chi connectivity index (χ2n) is 3.81. The van der Waals surface area contributed by atoms with Crippen LogP contribution >= 0.6 is 11.5 Å². The fourth-order valence-electron chi connectivity index (χ4n) is 1.20. The number of hydrogen-bond acceptors (Lipinski definition) is 8. The van der Waals surface area contributed by atoms with Gasteiger partial charge >= 0.3 is 0 Å². The molecule has 0 aliphatic heterocycles. The van der Waals surface area contributed by atoms with E-state index < -0.39 is 5.91 Å². The van der Waals surface area contributed by atoms with Gasteiger partial charge in [0.2, 0.25) is 5.13 Å². The maximum Gasteiger partial charge on any atom is 0.278 e. The third kappa shape index (κ3) is 2.56. The molecule has 9 heteroatoms. The lowest BCUT2D eigenvalue weighted by Gasteiger charge is -2.07. The van der Waals surface area contributed by atoms with Crippen molar-refractivity contribution in [3.8, 4) is 0 Å². The van der Waals surface area contributed by atoms with Gasteiger partial charge < -0.3 is 5.73 Å². The van der Waals surface area contributed by atoms with Gasteiger partial charge in [-0.2, -0.15) is 0 Å². The first-order valence-electron chi connectivity index (χ1n) is 5.16. The first-order valence-corrected chi connectivity index (χ1v) is 5.94. The van der Waals surface area contributed by atoms with Gasteiger partial charge in [0, 0.05) is 17.5 Å². The normalized spacial score (nSPS) is 10.6. The van der Waals surface area contributed by atoms with Gasteiger partial charge in [0.15, 0.2) is 5.69 Å². The summed E-state index contributed by atoms with van der Waals surface area (Å²) in [5.41, 5.74) is 6.03. The zero-order valence-corrected chi connectivity index (χ0v) is 10.6. The number of nitrogens with zero attached hydrogens (tertiary/aromatic N) is 5. The number of rotatable bonds is 3. The smallest absolute Gasteiger partial charge is 0.278 e. The Balaban J connectivity index is 2.26. The van der Waals surface area contributed by atoms with E-state index >= 15 is 0 Å². The molecule has 0 atom stereocenters. The second-order valence-corrected chi connectivity index (χ2v) is 4.54. The van der Waals surface area contributed by atoms with E-state index in [1.54, 1.807) is 0 Å². The second kappa shape index (κ2) is 5.00. The van der Waals surface area contributed by atoms with Crippen LogP contribution in [0.1, 0.15) is 36.1 Å². The molecule has 0 spiro atoms. The summed E-state index contributed by atoms with van der Waals surface area (Å²) < 4.78 is 3.54. The number of carbonyl (C=O) groups excluding carboxylic acids is 1. The molecule has 0 bridgehead atoms.